The van der Waals surface area contributed by atoms with Crippen molar-refractivity contribution in [3.05, 3.63) is 51.7 Å². The molecule has 1 aromatic carbocycles. The highest BCUT2D eigenvalue weighted by atomic mass is 127. The predicted molar refractivity (Wildman–Crippen MR) is 79.4 cm³/mol. The summed E-state index contributed by atoms with van der Waals surface area (Å²) in [5, 5.41) is 0. The average molecular weight is 369 g/mol. The summed E-state index contributed by atoms with van der Waals surface area (Å²) in [7, 11) is 0. The molecule has 0 bridgehead atoms. The van der Waals surface area contributed by atoms with E-state index in [0.29, 0.717) is 17.9 Å². The molecule has 5 heteroatoms. The molecule has 4 nitrogen and oxygen atoms in total. The lowest BCUT2D eigenvalue weighted by Gasteiger charge is -2.09. The molecule has 0 aliphatic heterocycles. The predicted octanol–water partition coefficient (Wildman–Crippen LogP) is 3.66. The Morgan fingerprint density at radius 2 is 2.16 bits per heavy atom. The van der Waals surface area contributed by atoms with Crippen LogP contribution in [-0.4, -0.2) is 17.6 Å². The molecule has 19 heavy (non-hydrogen) atoms. The van der Waals surface area contributed by atoms with Gasteiger partial charge < -0.3 is 9.47 Å². The first-order valence-electron chi connectivity index (χ1n) is 5.76. The summed E-state index contributed by atoms with van der Waals surface area (Å²) in [4.78, 5) is 15.9. The van der Waals surface area contributed by atoms with Crippen LogP contribution in [0.3, 0.4) is 0 Å². The number of rotatable bonds is 4. The number of carbonyl (C=O) groups is 1. The van der Waals surface area contributed by atoms with Gasteiger partial charge in [-0.1, -0.05) is 6.07 Å². The largest absolute Gasteiger partial charge is 0.462 e. The van der Waals surface area contributed by atoms with Crippen LogP contribution in [-0.2, 0) is 4.74 Å². The Morgan fingerprint density at radius 3 is 2.89 bits per heavy atom. The first kappa shape index (κ1) is 13.8. The second kappa shape index (κ2) is 6.51. The fourth-order valence-corrected chi connectivity index (χ4v) is 1.99. The number of nitrogens with zero attached hydrogens (tertiary/aromatic N) is 1. The molecule has 0 fully saturated rings. The van der Waals surface area contributed by atoms with Crippen LogP contribution < -0.4 is 4.74 Å². The first-order chi connectivity index (χ1) is 9.20. The van der Waals surface area contributed by atoms with Gasteiger partial charge >= 0.3 is 5.97 Å². The Bertz CT molecular complexity index is 586. The number of aromatic nitrogens is 1. The van der Waals surface area contributed by atoms with E-state index in [1.54, 1.807) is 25.3 Å². The third-order valence-corrected chi connectivity index (χ3v) is 2.95. The van der Waals surface area contributed by atoms with Crippen LogP contribution in [0.1, 0.15) is 17.3 Å². The number of halogens is 1. The van der Waals surface area contributed by atoms with Crippen LogP contribution in [0.4, 0.5) is 0 Å². The van der Waals surface area contributed by atoms with Gasteiger partial charge in [0.2, 0.25) is 5.88 Å². The van der Waals surface area contributed by atoms with E-state index in [2.05, 4.69) is 27.6 Å². The standard InChI is InChI=1S/C14H12INO3/c1-2-18-14(17)12-7-4-8-16-13(12)19-11-6-3-5-10(15)9-11/h3-9H,2H2,1H3. The fourth-order valence-electron chi connectivity index (χ4n) is 1.48. The lowest BCUT2D eigenvalue weighted by molar-refractivity contribution is 0.0522. The normalized spacial score (nSPS) is 10.0. The van der Waals surface area contributed by atoms with Gasteiger partial charge in [0.1, 0.15) is 11.3 Å². The fraction of sp³-hybridized carbons (Fsp3) is 0.143. The van der Waals surface area contributed by atoms with Gasteiger partial charge in [0.25, 0.3) is 0 Å². The molecule has 0 saturated heterocycles. The Kier molecular flexibility index (Phi) is 4.73. The Labute approximate surface area is 124 Å². The van der Waals surface area contributed by atoms with Crippen molar-refractivity contribution in [2.24, 2.45) is 0 Å². The quantitative estimate of drug-likeness (QED) is 0.610. The molecule has 2 rings (SSSR count). The summed E-state index contributed by atoms with van der Waals surface area (Å²) >= 11 is 2.19. The van der Waals surface area contributed by atoms with Crippen LogP contribution in [0, 0.1) is 3.57 Å². The van der Waals surface area contributed by atoms with E-state index >= 15 is 0 Å². The van der Waals surface area contributed by atoms with E-state index in [0.717, 1.165) is 3.57 Å². The van der Waals surface area contributed by atoms with E-state index < -0.39 is 5.97 Å². The number of pyridine rings is 1. The topological polar surface area (TPSA) is 48.4 Å². The molecule has 0 aliphatic carbocycles. The van der Waals surface area contributed by atoms with Crippen molar-refractivity contribution in [2.75, 3.05) is 6.61 Å². The highest BCUT2D eigenvalue weighted by Gasteiger charge is 2.15. The summed E-state index contributed by atoms with van der Waals surface area (Å²) in [5.74, 6) is 0.454. The zero-order valence-corrected chi connectivity index (χ0v) is 12.5. The van der Waals surface area contributed by atoms with E-state index in [-0.39, 0.29) is 5.88 Å². The van der Waals surface area contributed by atoms with Gasteiger partial charge in [-0.3, -0.25) is 0 Å². The smallest absolute Gasteiger partial charge is 0.343 e. The molecular weight excluding hydrogens is 357 g/mol. The van der Waals surface area contributed by atoms with Crippen molar-refractivity contribution < 1.29 is 14.3 Å². The lowest BCUT2D eigenvalue weighted by atomic mass is 10.2. The van der Waals surface area contributed by atoms with E-state index in [1.165, 1.54) is 0 Å². The zero-order valence-electron chi connectivity index (χ0n) is 10.3. The van der Waals surface area contributed by atoms with Crippen molar-refractivity contribution >= 4 is 28.6 Å². The number of ether oxygens (including phenoxy) is 2. The van der Waals surface area contributed by atoms with Gasteiger partial charge in [0.05, 0.1) is 6.61 Å². The van der Waals surface area contributed by atoms with Crippen LogP contribution >= 0.6 is 22.6 Å². The maximum atomic E-state index is 11.8. The maximum absolute atomic E-state index is 11.8. The Hall–Kier alpha value is -1.63. The number of benzene rings is 1. The van der Waals surface area contributed by atoms with Crippen LogP contribution in [0.15, 0.2) is 42.6 Å². The molecular formula is C14H12INO3. The summed E-state index contributed by atoms with van der Waals surface area (Å²) in [6.07, 6.45) is 1.58. The zero-order chi connectivity index (χ0) is 13.7. The molecule has 2 aromatic rings. The van der Waals surface area contributed by atoms with Crippen molar-refractivity contribution in [1.82, 2.24) is 4.98 Å². The second-order valence-corrected chi connectivity index (χ2v) is 4.88. The molecule has 0 N–H and O–H groups in total. The molecule has 0 radical (unpaired) electrons. The lowest BCUT2D eigenvalue weighted by Crippen LogP contribution is -2.07. The summed E-state index contributed by atoms with van der Waals surface area (Å²) in [5.41, 5.74) is 0.322. The SMILES string of the molecule is CCOC(=O)c1cccnc1Oc1cccc(I)c1. The van der Waals surface area contributed by atoms with Gasteiger partial charge in [-0.15, -0.1) is 0 Å². The van der Waals surface area contributed by atoms with Gasteiger partial charge in [-0.25, -0.2) is 9.78 Å². The van der Waals surface area contributed by atoms with Crippen molar-refractivity contribution in [1.29, 1.82) is 0 Å². The highest BCUT2D eigenvalue weighted by molar-refractivity contribution is 14.1. The third kappa shape index (κ3) is 3.66. The molecule has 0 aliphatic rings. The summed E-state index contributed by atoms with van der Waals surface area (Å²) in [6.45, 7) is 2.07. The molecule has 1 aromatic heterocycles. The molecule has 0 saturated carbocycles. The summed E-state index contributed by atoms with van der Waals surface area (Å²) in [6, 6.07) is 10.8. The molecule has 0 amide bonds. The van der Waals surface area contributed by atoms with Crippen molar-refractivity contribution in [2.45, 2.75) is 6.92 Å². The van der Waals surface area contributed by atoms with E-state index in [9.17, 15) is 4.79 Å². The maximum Gasteiger partial charge on any atom is 0.343 e. The minimum atomic E-state index is -0.434. The second-order valence-electron chi connectivity index (χ2n) is 3.64. The summed E-state index contributed by atoms with van der Waals surface area (Å²) < 4.78 is 11.7. The molecule has 1 heterocycles. The number of carbonyl (C=O) groups excluding carboxylic acids is 1. The minimum absolute atomic E-state index is 0.253. The first-order valence-corrected chi connectivity index (χ1v) is 6.84. The van der Waals surface area contributed by atoms with E-state index in [4.69, 9.17) is 9.47 Å². The van der Waals surface area contributed by atoms with Crippen molar-refractivity contribution in [3.63, 3.8) is 0 Å². The van der Waals surface area contributed by atoms with Crippen molar-refractivity contribution in [3.8, 4) is 11.6 Å². The Morgan fingerprint density at radius 1 is 1.32 bits per heavy atom. The molecule has 98 valence electrons. The van der Waals surface area contributed by atoms with Crippen LogP contribution in [0.2, 0.25) is 0 Å². The van der Waals surface area contributed by atoms with Gasteiger partial charge in [-0.05, 0) is 59.8 Å². The van der Waals surface area contributed by atoms with E-state index in [1.807, 2.05) is 24.3 Å². The minimum Gasteiger partial charge on any atom is -0.462 e. The third-order valence-electron chi connectivity index (χ3n) is 2.28. The van der Waals surface area contributed by atoms with Gasteiger partial charge in [-0.2, -0.15) is 0 Å². The molecule has 0 spiro atoms. The molecule has 0 unspecified atom stereocenters. The van der Waals surface area contributed by atoms with Gasteiger partial charge in [0, 0.05) is 9.77 Å². The average Bonchev–Trinajstić information content (AvgIpc) is 2.39. The van der Waals surface area contributed by atoms with Crippen LogP contribution in [0.5, 0.6) is 11.6 Å². The number of esters is 1. The highest BCUT2D eigenvalue weighted by Crippen LogP contribution is 2.24. The monoisotopic (exact) mass is 369 g/mol. The number of hydrogen-bond donors (Lipinski definition) is 0. The van der Waals surface area contributed by atoms with Crippen LogP contribution in [0.25, 0.3) is 0 Å². The van der Waals surface area contributed by atoms with Gasteiger partial charge in [0.15, 0.2) is 0 Å². The Balaban J connectivity index is 2.27. The molecule has 0 atom stereocenters. The number of hydrogen-bond acceptors (Lipinski definition) is 4.